The molecule has 3 rings (SSSR count). The van der Waals surface area contributed by atoms with Crippen molar-refractivity contribution in [1.29, 1.82) is 0 Å². The van der Waals surface area contributed by atoms with E-state index in [9.17, 15) is 8.42 Å². The molecule has 0 unspecified atom stereocenters. The van der Waals surface area contributed by atoms with Gasteiger partial charge in [-0.1, -0.05) is 46.3 Å². The smallest absolute Gasteiger partial charge is 0.207 e. The summed E-state index contributed by atoms with van der Waals surface area (Å²) in [5.41, 5.74) is 1.28. The molecular formula is C17H18BrNO2S2. The van der Waals surface area contributed by atoms with Gasteiger partial charge in [0.1, 0.15) is 0 Å². The standard InChI is InChI=1S/C17H18BrNO2S2/c18-15-6-8-16(9-7-15)23(20,21)19-11-10-17(22-13-12-19)14-4-2-1-3-5-14/h1-9,17H,10-13H2/t17-/m1/s1. The van der Waals surface area contributed by atoms with Crippen molar-refractivity contribution in [1.82, 2.24) is 4.31 Å². The van der Waals surface area contributed by atoms with Crippen LogP contribution in [0.1, 0.15) is 17.2 Å². The van der Waals surface area contributed by atoms with Crippen molar-refractivity contribution in [2.45, 2.75) is 16.6 Å². The van der Waals surface area contributed by atoms with E-state index in [0.29, 0.717) is 23.2 Å². The summed E-state index contributed by atoms with van der Waals surface area (Å²) in [6, 6.07) is 17.2. The van der Waals surface area contributed by atoms with Gasteiger partial charge in [0.05, 0.1) is 4.90 Å². The van der Waals surface area contributed by atoms with Crippen LogP contribution in [0, 0.1) is 0 Å². The average Bonchev–Trinajstić information content (AvgIpc) is 2.83. The van der Waals surface area contributed by atoms with E-state index in [2.05, 4.69) is 28.1 Å². The third kappa shape index (κ3) is 3.99. The number of benzene rings is 2. The third-order valence-electron chi connectivity index (χ3n) is 3.92. The maximum absolute atomic E-state index is 12.8. The summed E-state index contributed by atoms with van der Waals surface area (Å²) < 4.78 is 28.1. The summed E-state index contributed by atoms with van der Waals surface area (Å²) in [4.78, 5) is 0.365. The molecule has 1 aliphatic heterocycles. The highest BCUT2D eigenvalue weighted by atomic mass is 79.9. The number of sulfonamides is 1. The monoisotopic (exact) mass is 411 g/mol. The van der Waals surface area contributed by atoms with E-state index in [4.69, 9.17) is 0 Å². The van der Waals surface area contributed by atoms with Crippen LogP contribution in [0.5, 0.6) is 0 Å². The van der Waals surface area contributed by atoms with E-state index < -0.39 is 10.0 Å². The molecule has 0 amide bonds. The minimum atomic E-state index is -3.41. The molecule has 0 spiro atoms. The largest absolute Gasteiger partial charge is 0.243 e. The van der Waals surface area contributed by atoms with Crippen LogP contribution >= 0.6 is 27.7 Å². The second kappa shape index (κ2) is 7.38. The highest BCUT2D eigenvalue weighted by Gasteiger charge is 2.28. The highest BCUT2D eigenvalue weighted by Crippen LogP contribution is 2.35. The van der Waals surface area contributed by atoms with Crippen molar-refractivity contribution < 1.29 is 8.42 Å². The van der Waals surface area contributed by atoms with E-state index in [1.165, 1.54) is 5.56 Å². The number of hydrogen-bond donors (Lipinski definition) is 0. The van der Waals surface area contributed by atoms with Crippen molar-refractivity contribution in [2.24, 2.45) is 0 Å². The molecule has 0 aromatic heterocycles. The Balaban J connectivity index is 1.76. The number of nitrogens with zero attached hydrogens (tertiary/aromatic N) is 1. The van der Waals surface area contributed by atoms with Crippen LogP contribution in [0.2, 0.25) is 0 Å². The van der Waals surface area contributed by atoms with Crippen LogP contribution in [0.4, 0.5) is 0 Å². The molecule has 0 saturated carbocycles. The molecule has 3 nitrogen and oxygen atoms in total. The normalized spacial score (nSPS) is 20.1. The molecule has 1 saturated heterocycles. The lowest BCUT2D eigenvalue weighted by atomic mass is 10.1. The average molecular weight is 412 g/mol. The van der Waals surface area contributed by atoms with Gasteiger partial charge in [-0.25, -0.2) is 8.42 Å². The van der Waals surface area contributed by atoms with Crippen LogP contribution in [0.25, 0.3) is 0 Å². The highest BCUT2D eigenvalue weighted by molar-refractivity contribution is 9.10. The Hall–Kier alpha value is -0.820. The Labute approximate surface area is 150 Å². The first-order chi connectivity index (χ1) is 11.1. The maximum Gasteiger partial charge on any atom is 0.243 e. The van der Waals surface area contributed by atoms with E-state index in [0.717, 1.165) is 16.6 Å². The van der Waals surface area contributed by atoms with Crippen molar-refractivity contribution in [3.8, 4) is 0 Å². The predicted octanol–water partition coefficient (Wildman–Crippen LogP) is 4.32. The second-order valence-electron chi connectivity index (χ2n) is 5.42. The van der Waals surface area contributed by atoms with Gasteiger partial charge in [0.15, 0.2) is 0 Å². The van der Waals surface area contributed by atoms with Crippen LogP contribution in [-0.2, 0) is 10.0 Å². The van der Waals surface area contributed by atoms with Crippen LogP contribution in [0.3, 0.4) is 0 Å². The first-order valence-electron chi connectivity index (χ1n) is 7.49. The zero-order valence-corrected chi connectivity index (χ0v) is 15.8. The van der Waals surface area contributed by atoms with Gasteiger partial charge in [-0.05, 0) is 36.2 Å². The molecule has 23 heavy (non-hydrogen) atoms. The molecule has 2 aromatic rings. The Morgan fingerprint density at radius 3 is 2.39 bits per heavy atom. The Morgan fingerprint density at radius 1 is 1.00 bits per heavy atom. The van der Waals surface area contributed by atoms with Crippen molar-refractivity contribution in [3.05, 3.63) is 64.6 Å². The van der Waals surface area contributed by atoms with Crippen LogP contribution in [0.15, 0.2) is 64.0 Å². The first-order valence-corrected chi connectivity index (χ1v) is 10.8. The Bertz CT molecular complexity index is 748. The number of hydrogen-bond acceptors (Lipinski definition) is 3. The van der Waals surface area contributed by atoms with Crippen molar-refractivity contribution in [2.75, 3.05) is 18.8 Å². The summed E-state index contributed by atoms with van der Waals surface area (Å²) >= 11 is 5.18. The summed E-state index contributed by atoms with van der Waals surface area (Å²) in [7, 11) is -3.41. The lowest BCUT2D eigenvalue weighted by molar-refractivity contribution is 0.428. The lowest BCUT2D eigenvalue weighted by Crippen LogP contribution is -2.33. The van der Waals surface area contributed by atoms with Gasteiger partial charge in [0, 0.05) is 28.6 Å². The molecule has 6 heteroatoms. The van der Waals surface area contributed by atoms with Gasteiger partial charge in [-0.3, -0.25) is 0 Å². The zero-order valence-electron chi connectivity index (χ0n) is 12.6. The van der Waals surface area contributed by atoms with Gasteiger partial charge in [-0.2, -0.15) is 16.1 Å². The molecular weight excluding hydrogens is 394 g/mol. The topological polar surface area (TPSA) is 37.4 Å². The summed E-state index contributed by atoms with van der Waals surface area (Å²) in [6.07, 6.45) is 0.838. The molecule has 1 aliphatic rings. The minimum Gasteiger partial charge on any atom is -0.207 e. The second-order valence-corrected chi connectivity index (χ2v) is 9.58. The molecule has 0 aliphatic carbocycles. The van der Waals surface area contributed by atoms with Gasteiger partial charge in [0.25, 0.3) is 0 Å². The fraction of sp³-hybridized carbons (Fsp3) is 0.294. The molecule has 1 heterocycles. The number of halogens is 1. The lowest BCUT2D eigenvalue weighted by Gasteiger charge is -2.20. The molecule has 122 valence electrons. The van der Waals surface area contributed by atoms with Crippen LogP contribution in [-0.4, -0.2) is 31.6 Å². The van der Waals surface area contributed by atoms with Crippen LogP contribution < -0.4 is 0 Å². The maximum atomic E-state index is 12.8. The van der Waals surface area contributed by atoms with E-state index in [-0.39, 0.29) is 0 Å². The summed E-state index contributed by atoms with van der Waals surface area (Å²) in [5.74, 6) is 0.815. The molecule has 0 N–H and O–H groups in total. The van der Waals surface area contributed by atoms with E-state index >= 15 is 0 Å². The van der Waals surface area contributed by atoms with E-state index in [1.54, 1.807) is 28.6 Å². The first kappa shape index (κ1) is 17.0. The van der Waals surface area contributed by atoms with Gasteiger partial charge in [0.2, 0.25) is 10.0 Å². The molecule has 0 radical (unpaired) electrons. The molecule has 0 bridgehead atoms. The van der Waals surface area contributed by atoms with Gasteiger partial charge in [-0.15, -0.1) is 0 Å². The van der Waals surface area contributed by atoms with Crippen molar-refractivity contribution >= 4 is 37.7 Å². The molecule has 2 aromatic carbocycles. The number of rotatable bonds is 3. The quantitative estimate of drug-likeness (QED) is 0.754. The Morgan fingerprint density at radius 2 is 1.70 bits per heavy atom. The minimum absolute atomic E-state index is 0.362. The number of thioether (sulfide) groups is 1. The predicted molar refractivity (Wildman–Crippen MR) is 99.2 cm³/mol. The third-order valence-corrected chi connectivity index (χ3v) is 7.69. The van der Waals surface area contributed by atoms with Gasteiger partial charge >= 0.3 is 0 Å². The van der Waals surface area contributed by atoms with E-state index in [1.807, 2.05) is 30.0 Å². The molecule has 1 atom stereocenters. The van der Waals surface area contributed by atoms with Crippen molar-refractivity contribution in [3.63, 3.8) is 0 Å². The summed E-state index contributed by atoms with van der Waals surface area (Å²) in [5, 5.41) is 0.362. The summed E-state index contributed by atoms with van der Waals surface area (Å²) in [6.45, 7) is 1.12. The Kier molecular flexibility index (Phi) is 5.46. The fourth-order valence-electron chi connectivity index (χ4n) is 2.68. The van der Waals surface area contributed by atoms with Gasteiger partial charge < -0.3 is 0 Å². The molecule has 1 fully saturated rings. The zero-order chi connectivity index (χ0) is 16.3. The fourth-order valence-corrected chi connectivity index (χ4v) is 5.75. The SMILES string of the molecule is O=S(=O)(c1ccc(Br)cc1)N1CCS[C@@H](c2ccccc2)CC1.